The van der Waals surface area contributed by atoms with E-state index in [1.165, 1.54) is 52.0 Å². The molecular weight excluding hydrogens is 631 g/mol. The number of carbonyl (C=O) groups is 2. The van der Waals surface area contributed by atoms with Crippen LogP contribution in [0.15, 0.2) is 103 Å². The second kappa shape index (κ2) is 15.7. The van der Waals surface area contributed by atoms with E-state index in [0.717, 1.165) is 29.8 Å². The number of nitrogens with zero attached hydrogens (tertiary/aromatic N) is 1. The summed E-state index contributed by atoms with van der Waals surface area (Å²) in [5, 5.41) is 7.03. The van der Waals surface area contributed by atoms with Crippen LogP contribution in [0.2, 0.25) is 0 Å². The summed E-state index contributed by atoms with van der Waals surface area (Å²) in [4.78, 5) is 29.8. The lowest BCUT2D eigenvalue weighted by molar-refractivity contribution is -0.118. The Hall–Kier alpha value is -4.66. The second-order valence-corrected chi connectivity index (χ2v) is 14.6. The largest absolute Gasteiger partial charge is 0.492 e. The highest BCUT2D eigenvalue weighted by atomic mass is 32.1. The first-order valence-electron chi connectivity index (χ1n) is 17.1. The fourth-order valence-corrected chi connectivity index (χ4v) is 7.38. The number of benzene rings is 4. The number of nitrogens with one attached hydrogen (secondary N) is 2. The third-order valence-corrected chi connectivity index (χ3v) is 9.84. The highest BCUT2D eigenvalue weighted by molar-refractivity contribution is 7.22. The molecule has 1 saturated heterocycles. The van der Waals surface area contributed by atoms with Crippen molar-refractivity contribution in [3.8, 4) is 16.2 Å². The minimum atomic E-state index is -0.812. The standard InChI is InChI=1S/C41H45N3O4S/c1-41(2,3)48-40(46)43-36(28-29-11-5-4-6-12-29)39(45)42-32-19-17-31(18-20-32)38-35(34-13-7-8-14-37(34)49-38)27-30-15-21-33(22-16-30)47-26-25-44-23-9-10-24-44/h4-8,11-22,36H,9-10,23-28H2,1-3H3,(H,42,45)(H,43,46)/t36-/m0/s1. The zero-order valence-corrected chi connectivity index (χ0v) is 29.4. The fraction of sp³-hybridized carbons (Fsp3) is 0.317. The Morgan fingerprint density at radius 1 is 0.837 bits per heavy atom. The van der Waals surface area contributed by atoms with Crippen molar-refractivity contribution in [1.29, 1.82) is 0 Å². The summed E-state index contributed by atoms with van der Waals surface area (Å²) in [6, 6.07) is 33.8. The number of carbonyl (C=O) groups excluding carboxylic acids is 2. The number of ether oxygens (including phenoxy) is 2. The number of hydrogen-bond donors (Lipinski definition) is 2. The van der Waals surface area contributed by atoms with Gasteiger partial charge in [-0.25, -0.2) is 4.79 Å². The Bertz CT molecular complexity index is 1840. The molecule has 1 atom stereocenters. The van der Waals surface area contributed by atoms with Crippen LogP contribution in [0.4, 0.5) is 10.5 Å². The number of likely N-dealkylation sites (tertiary alicyclic amines) is 1. The van der Waals surface area contributed by atoms with Crippen LogP contribution in [-0.2, 0) is 22.4 Å². The molecule has 1 aromatic heterocycles. The molecule has 8 heteroatoms. The quantitative estimate of drug-likeness (QED) is 0.138. The van der Waals surface area contributed by atoms with Gasteiger partial charge in [0.15, 0.2) is 0 Å². The van der Waals surface area contributed by atoms with Gasteiger partial charge in [-0.05, 0) is 111 Å². The smallest absolute Gasteiger partial charge is 0.408 e. The number of amides is 2. The van der Waals surface area contributed by atoms with Gasteiger partial charge in [0.2, 0.25) is 5.91 Å². The number of thiophene rings is 1. The van der Waals surface area contributed by atoms with E-state index in [4.69, 9.17) is 9.47 Å². The normalized spacial score (nSPS) is 14.0. The molecule has 5 aromatic rings. The molecule has 0 saturated carbocycles. The van der Waals surface area contributed by atoms with Crippen molar-refractivity contribution in [2.75, 3.05) is 31.6 Å². The zero-order chi connectivity index (χ0) is 34.2. The van der Waals surface area contributed by atoms with Crippen LogP contribution in [0, 0.1) is 0 Å². The second-order valence-electron chi connectivity index (χ2n) is 13.6. The summed E-state index contributed by atoms with van der Waals surface area (Å²) < 4.78 is 12.7. The van der Waals surface area contributed by atoms with Gasteiger partial charge in [-0.2, -0.15) is 0 Å². The number of rotatable bonds is 12. The van der Waals surface area contributed by atoms with Gasteiger partial charge in [0.25, 0.3) is 0 Å². The average Bonchev–Trinajstić information content (AvgIpc) is 3.74. The van der Waals surface area contributed by atoms with E-state index in [9.17, 15) is 9.59 Å². The van der Waals surface area contributed by atoms with Crippen LogP contribution in [-0.4, -0.2) is 54.8 Å². The van der Waals surface area contributed by atoms with Gasteiger partial charge in [0.05, 0.1) is 0 Å². The Balaban J connectivity index is 1.15. The predicted octanol–water partition coefficient (Wildman–Crippen LogP) is 8.71. The zero-order valence-electron chi connectivity index (χ0n) is 28.5. The van der Waals surface area contributed by atoms with Crippen molar-refractivity contribution < 1.29 is 19.1 Å². The Labute approximate surface area is 293 Å². The summed E-state index contributed by atoms with van der Waals surface area (Å²) in [6.45, 7) is 9.44. The third-order valence-electron chi connectivity index (χ3n) is 8.58. The van der Waals surface area contributed by atoms with Crippen molar-refractivity contribution >= 4 is 39.1 Å². The van der Waals surface area contributed by atoms with Gasteiger partial charge in [-0.15, -0.1) is 11.3 Å². The number of alkyl carbamates (subject to hydrolysis) is 1. The molecule has 254 valence electrons. The Morgan fingerprint density at radius 3 is 2.24 bits per heavy atom. The number of fused-ring (bicyclic) bond motifs is 1. The molecule has 49 heavy (non-hydrogen) atoms. The minimum absolute atomic E-state index is 0.312. The molecule has 0 aliphatic carbocycles. The van der Waals surface area contributed by atoms with Crippen molar-refractivity contribution in [3.05, 3.63) is 120 Å². The average molecular weight is 676 g/mol. The van der Waals surface area contributed by atoms with Crippen LogP contribution in [0.3, 0.4) is 0 Å². The lowest BCUT2D eigenvalue weighted by Crippen LogP contribution is -2.47. The van der Waals surface area contributed by atoms with Crippen LogP contribution in [0.1, 0.15) is 50.3 Å². The monoisotopic (exact) mass is 675 g/mol. The molecule has 1 aliphatic heterocycles. The summed E-state index contributed by atoms with van der Waals surface area (Å²) in [5.41, 5.74) is 4.51. The first-order valence-corrected chi connectivity index (χ1v) is 17.9. The van der Waals surface area contributed by atoms with Gasteiger partial charge >= 0.3 is 6.09 Å². The molecular formula is C41H45N3O4S. The highest BCUT2D eigenvalue weighted by Gasteiger charge is 2.25. The van der Waals surface area contributed by atoms with Gasteiger partial charge in [0.1, 0.15) is 24.0 Å². The van der Waals surface area contributed by atoms with Crippen molar-refractivity contribution in [1.82, 2.24) is 10.2 Å². The first-order chi connectivity index (χ1) is 23.7. The predicted molar refractivity (Wildman–Crippen MR) is 200 cm³/mol. The summed E-state index contributed by atoms with van der Waals surface area (Å²) in [7, 11) is 0. The molecule has 2 amide bonds. The summed E-state index contributed by atoms with van der Waals surface area (Å²) in [5.74, 6) is 0.594. The molecule has 0 spiro atoms. The first kappa shape index (κ1) is 34.2. The number of anilines is 1. The molecule has 4 aromatic carbocycles. The number of hydrogen-bond acceptors (Lipinski definition) is 6. The van der Waals surface area contributed by atoms with Crippen molar-refractivity contribution in [2.24, 2.45) is 0 Å². The van der Waals surface area contributed by atoms with Gasteiger partial charge < -0.3 is 20.1 Å². The molecule has 7 nitrogen and oxygen atoms in total. The molecule has 6 rings (SSSR count). The van der Waals surface area contributed by atoms with Crippen molar-refractivity contribution in [3.63, 3.8) is 0 Å². The van der Waals surface area contributed by atoms with E-state index in [1.807, 2.05) is 42.5 Å². The lowest BCUT2D eigenvalue weighted by atomic mass is 9.99. The van der Waals surface area contributed by atoms with Crippen LogP contribution < -0.4 is 15.4 Å². The SMILES string of the molecule is CC(C)(C)OC(=O)N[C@@H](Cc1ccccc1)C(=O)Nc1ccc(-c2sc3ccccc3c2Cc2ccc(OCCN3CCCC3)cc2)cc1. The van der Waals surface area contributed by atoms with Crippen molar-refractivity contribution in [2.45, 2.75) is 58.1 Å². The molecule has 2 N–H and O–H groups in total. The molecule has 0 unspecified atom stereocenters. The van der Waals surface area contributed by atoms with E-state index in [-0.39, 0.29) is 5.91 Å². The maximum Gasteiger partial charge on any atom is 0.408 e. The molecule has 1 fully saturated rings. The van der Waals surface area contributed by atoms with E-state index in [0.29, 0.717) is 18.7 Å². The highest BCUT2D eigenvalue weighted by Crippen LogP contribution is 2.40. The minimum Gasteiger partial charge on any atom is -0.492 e. The van der Waals surface area contributed by atoms with Crippen LogP contribution in [0.25, 0.3) is 20.5 Å². The Kier molecular flexibility index (Phi) is 11.0. The summed E-state index contributed by atoms with van der Waals surface area (Å²) in [6.07, 6.45) is 3.08. The van der Waals surface area contributed by atoms with E-state index in [2.05, 4.69) is 76.2 Å². The summed E-state index contributed by atoms with van der Waals surface area (Å²) >= 11 is 1.78. The lowest BCUT2D eigenvalue weighted by Gasteiger charge is -2.23. The third kappa shape index (κ3) is 9.49. The van der Waals surface area contributed by atoms with Crippen LogP contribution in [0.5, 0.6) is 5.75 Å². The fourth-order valence-electron chi connectivity index (χ4n) is 6.16. The maximum atomic E-state index is 13.5. The van der Waals surface area contributed by atoms with Gasteiger partial charge in [0, 0.05) is 28.2 Å². The van der Waals surface area contributed by atoms with Crippen LogP contribution >= 0.6 is 11.3 Å². The van der Waals surface area contributed by atoms with E-state index < -0.39 is 17.7 Å². The topological polar surface area (TPSA) is 79.9 Å². The van der Waals surface area contributed by atoms with Gasteiger partial charge in [-0.1, -0.05) is 72.8 Å². The molecule has 0 bridgehead atoms. The van der Waals surface area contributed by atoms with Gasteiger partial charge in [-0.3, -0.25) is 9.69 Å². The van der Waals surface area contributed by atoms with E-state index in [1.54, 1.807) is 32.1 Å². The molecule has 1 aliphatic rings. The molecule has 0 radical (unpaired) electrons. The maximum absolute atomic E-state index is 13.5. The molecule has 2 heterocycles. The Morgan fingerprint density at radius 2 is 1.53 bits per heavy atom. The van der Waals surface area contributed by atoms with E-state index >= 15 is 0 Å².